The van der Waals surface area contributed by atoms with Crippen molar-refractivity contribution in [3.05, 3.63) is 36.2 Å². The van der Waals surface area contributed by atoms with Crippen molar-refractivity contribution in [2.24, 2.45) is 0 Å². The van der Waals surface area contributed by atoms with Gasteiger partial charge in [-0.25, -0.2) is 9.97 Å². The van der Waals surface area contributed by atoms with Gasteiger partial charge in [-0.3, -0.25) is 4.98 Å². The maximum atomic E-state index is 5.86. The van der Waals surface area contributed by atoms with Crippen LogP contribution in [0.5, 0.6) is 0 Å². The van der Waals surface area contributed by atoms with Crippen LogP contribution in [0.1, 0.15) is 5.69 Å². The topological polar surface area (TPSA) is 38.7 Å². The largest absolute Gasteiger partial charge is 0.255 e. The lowest BCUT2D eigenvalue weighted by molar-refractivity contribution is 0.905. The van der Waals surface area contributed by atoms with Gasteiger partial charge in [0.2, 0.25) is 3.79 Å². The molecule has 0 radical (unpaired) electrons. The van der Waals surface area contributed by atoms with E-state index in [1.807, 2.05) is 24.5 Å². The second-order valence-corrected chi connectivity index (χ2v) is 6.39. The third-order valence-electron chi connectivity index (χ3n) is 2.11. The highest BCUT2D eigenvalue weighted by Crippen LogP contribution is 2.38. The lowest BCUT2D eigenvalue weighted by Crippen LogP contribution is -2.06. The molecule has 2 rings (SSSR count). The zero-order chi connectivity index (χ0) is 13.2. The Bertz CT molecular complexity index is 543. The van der Waals surface area contributed by atoms with Gasteiger partial charge in [-0.1, -0.05) is 52.6 Å². The van der Waals surface area contributed by atoms with Crippen molar-refractivity contribution in [1.29, 1.82) is 0 Å². The molecule has 0 aliphatic rings. The molecule has 0 bridgehead atoms. The van der Waals surface area contributed by atoms with Gasteiger partial charge in [0.15, 0.2) is 5.16 Å². The molecule has 7 heteroatoms. The number of rotatable bonds is 2. The van der Waals surface area contributed by atoms with Gasteiger partial charge < -0.3 is 0 Å². The van der Waals surface area contributed by atoms with Gasteiger partial charge in [0.05, 0.1) is 17.1 Å². The molecular weight excluding hydrogens is 313 g/mol. The van der Waals surface area contributed by atoms with Crippen LogP contribution in [-0.4, -0.2) is 21.2 Å². The van der Waals surface area contributed by atoms with E-state index >= 15 is 0 Å². The third kappa shape index (κ3) is 3.26. The first-order valence-corrected chi connectivity index (χ1v) is 7.28. The Morgan fingerprint density at radius 2 is 1.89 bits per heavy atom. The van der Waals surface area contributed by atoms with Gasteiger partial charge in [-0.15, -0.1) is 0 Å². The maximum absolute atomic E-state index is 5.86. The number of alkyl halides is 3. The Labute approximate surface area is 124 Å². The molecule has 0 aromatic carbocycles. The average Bonchev–Trinajstić information content (AvgIpc) is 2.38. The molecule has 18 heavy (non-hydrogen) atoms. The van der Waals surface area contributed by atoms with Gasteiger partial charge in [-0.2, -0.15) is 0 Å². The van der Waals surface area contributed by atoms with E-state index in [1.165, 1.54) is 11.8 Å². The molecule has 0 unspecified atom stereocenters. The van der Waals surface area contributed by atoms with Crippen molar-refractivity contribution < 1.29 is 0 Å². The van der Waals surface area contributed by atoms with Crippen molar-refractivity contribution in [2.45, 2.75) is 8.95 Å². The maximum Gasteiger partial charge on any atom is 0.232 e. The van der Waals surface area contributed by atoms with Crippen molar-refractivity contribution >= 4 is 46.6 Å². The minimum absolute atomic E-state index is 0.340. The highest BCUT2D eigenvalue weighted by Gasteiger charge is 2.26. The first-order valence-electron chi connectivity index (χ1n) is 4.92. The second kappa shape index (κ2) is 5.61. The smallest absolute Gasteiger partial charge is 0.232 e. The first-order chi connectivity index (χ1) is 8.50. The van der Waals surface area contributed by atoms with Crippen LogP contribution in [0.4, 0.5) is 0 Å². The van der Waals surface area contributed by atoms with E-state index in [1.54, 1.807) is 12.3 Å². The van der Waals surface area contributed by atoms with Crippen molar-refractivity contribution in [3.8, 4) is 11.4 Å². The summed E-state index contributed by atoms with van der Waals surface area (Å²) in [5, 5.41) is 0.541. The number of pyridine rings is 1. The number of halogens is 3. The fourth-order valence-electron chi connectivity index (χ4n) is 1.31. The summed E-state index contributed by atoms with van der Waals surface area (Å²) in [7, 11) is 0. The number of nitrogens with zero attached hydrogens (tertiary/aromatic N) is 3. The normalized spacial score (nSPS) is 11.6. The molecular formula is C11H8Cl3N3S. The molecule has 3 nitrogen and oxygen atoms in total. The Morgan fingerprint density at radius 1 is 1.11 bits per heavy atom. The predicted molar refractivity (Wildman–Crippen MR) is 76.3 cm³/mol. The number of hydrogen-bond donors (Lipinski definition) is 0. The zero-order valence-electron chi connectivity index (χ0n) is 9.27. The van der Waals surface area contributed by atoms with Gasteiger partial charge in [0.1, 0.15) is 0 Å². The van der Waals surface area contributed by atoms with E-state index in [0.29, 0.717) is 22.2 Å². The molecule has 0 saturated heterocycles. The molecule has 0 aliphatic carbocycles. The van der Waals surface area contributed by atoms with E-state index in [2.05, 4.69) is 15.0 Å². The Balaban J connectivity index is 2.55. The van der Waals surface area contributed by atoms with E-state index in [4.69, 9.17) is 34.8 Å². The van der Waals surface area contributed by atoms with Gasteiger partial charge in [-0.05, 0) is 24.5 Å². The molecule has 0 atom stereocenters. The summed E-state index contributed by atoms with van der Waals surface area (Å²) in [6, 6.07) is 7.18. The molecule has 0 amide bonds. The van der Waals surface area contributed by atoms with Crippen LogP contribution in [0, 0.1) is 0 Å². The molecule has 2 aromatic heterocycles. The molecule has 0 fully saturated rings. The number of hydrogen-bond acceptors (Lipinski definition) is 4. The molecule has 0 spiro atoms. The van der Waals surface area contributed by atoms with Crippen LogP contribution in [-0.2, 0) is 3.79 Å². The second-order valence-electron chi connectivity index (χ2n) is 3.34. The first kappa shape index (κ1) is 13.9. The van der Waals surface area contributed by atoms with Crippen LogP contribution in [0.3, 0.4) is 0 Å². The average molecular weight is 321 g/mol. The minimum atomic E-state index is -1.57. The van der Waals surface area contributed by atoms with E-state index in [0.717, 1.165) is 0 Å². The van der Waals surface area contributed by atoms with Crippen LogP contribution in [0.25, 0.3) is 11.4 Å². The quantitative estimate of drug-likeness (QED) is 0.474. The van der Waals surface area contributed by atoms with Crippen molar-refractivity contribution in [2.75, 3.05) is 6.26 Å². The summed E-state index contributed by atoms with van der Waals surface area (Å²) in [5.74, 6) is 0. The summed E-state index contributed by atoms with van der Waals surface area (Å²) < 4.78 is -1.57. The lowest BCUT2D eigenvalue weighted by atomic mass is 10.2. The van der Waals surface area contributed by atoms with Crippen molar-refractivity contribution in [3.63, 3.8) is 0 Å². The predicted octanol–water partition coefficient (Wildman–Crippen LogP) is 4.09. The fraction of sp³-hybridized carbons (Fsp3) is 0.182. The van der Waals surface area contributed by atoms with Gasteiger partial charge in [0.25, 0.3) is 0 Å². The Kier molecular flexibility index (Phi) is 4.33. The summed E-state index contributed by atoms with van der Waals surface area (Å²) in [6.07, 6.45) is 3.55. The van der Waals surface area contributed by atoms with Crippen LogP contribution in [0.15, 0.2) is 35.6 Å². The van der Waals surface area contributed by atoms with E-state index in [9.17, 15) is 0 Å². The summed E-state index contributed by atoms with van der Waals surface area (Å²) in [5.41, 5.74) is 1.69. The lowest BCUT2D eigenvalue weighted by Gasteiger charge is -2.12. The summed E-state index contributed by atoms with van der Waals surface area (Å²) in [6.45, 7) is 0. The fourth-order valence-corrected chi connectivity index (χ4v) is 1.98. The Hall–Kier alpha value is -0.550. The number of thioether (sulfide) groups is 1. The summed E-state index contributed by atoms with van der Waals surface area (Å²) >= 11 is 19.0. The van der Waals surface area contributed by atoms with Crippen LogP contribution in [0.2, 0.25) is 0 Å². The Morgan fingerprint density at radius 3 is 2.44 bits per heavy atom. The highest BCUT2D eigenvalue weighted by atomic mass is 35.6. The molecule has 2 aromatic rings. The molecule has 0 saturated carbocycles. The third-order valence-corrected chi connectivity index (χ3v) is 3.23. The SMILES string of the molecule is CSc1nc(-c2ccccn2)cc(C(Cl)(Cl)Cl)n1. The zero-order valence-corrected chi connectivity index (χ0v) is 12.4. The minimum Gasteiger partial charge on any atom is -0.255 e. The standard InChI is InChI=1S/C11H8Cl3N3S/c1-18-10-16-8(7-4-2-3-5-15-7)6-9(17-10)11(12,13)14/h2-6H,1H3. The van der Waals surface area contributed by atoms with Crippen LogP contribution >= 0.6 is 46.6 Å². The highest BCUT2D eigenvalue weighted by molar-refractivity contribution is 7.98. The van der Waals surface area contributed by atoms with Gasteiger partial charge in [0, 0.05) is 6.20 Å². The molecule has 94 valence electrons. The number of aromatic nitrogens is 3. The molecule has 0 N–H and O–H groups in total. The van der Waals surface area contributed by atoms with E-state index < -0.39 is 3.79 Å². The van der Waals surface area contributed by atoms with Crippen molar-refractivity contribution in [1.82, 2.24) is 15.0 Å². The van der Waals surface area contributed by atoms with Crippen LogP contribution < -0.4 is 0 Å². The monoisotopic (exact) mass is 319 g/mol. The summed E-state index contributed by atoms with van der Waals surface area (Å²) in [4.78, 5) is 12.7. The van der Waals surface area contributed by atoms with Gasteiger partial charge >= 0.3 is 0 Å². The van der Waals surface area contributed by atoms with E-state index in [-0.39, 0.29) is 0 Å². The molecule has 2 heterocycles. The molecule has 0 aliphatic heterocycles.